The summed E-state index contributed by atoms with van der Waals surface area (Å²) >= 11 is 0. The normalized spacial score (nSPS) is 13.2. The molecule has 2 aromatic rings. The summed E-state index contributed by atoms with van der Waals surface area (Å²) in [5, 5.41) is 27.9. The van der Waals surface area contributed by atoms with Crippen molar-refractivity contribution in [2.75, 3.05) is 13.2 Å². The summed E-state index contributed by atoms with van der Waals surface area (Å²) in [7, 11) is 0. The van der Waals surface area contributed by atoms with E-state index < -0.39 is 17.0 Å². The lowest BCUT2D eigenvalue weighted by Gasteiger charge is -2.28. The second kappa shape index (κ2) is 11.9. The number of nitrogens with zero attached hydrogens (tertiary/aromatic N) is 4. The van der Waals surface area contributed by atoms with Crippen molar-refractivity contribution in [3.05, 3.63) is 24.0 Å². The zero-order valence-corrected chi connectivity index (χ0v) is 24.0. The highest BCUT2D eigenvalue weighted by Gasteiger charge is 2.32. The molecule has 0 saturated carbocycles. The number of aromatic nitrogens is 4. The third kappa shape index (κ3) is 10.4. The quantitative estimate of drug-likeness (QED) is 0.371. The Bertz CT molecular complexity index is 997. The van der Waals surface area contributed by atoms with Crippen LogP contribution in [0.3, 0.4) is 0 Å². The average Bonchev–Trinajstić information content (AvgIpc) is 3.31. The highest BCUT2D eigenvalue weighted by molar-refractivity contribution is 5.76. The van der Waals surface area contributed by atoms with Crippen LogP contribution in [-0.2, 0) is 27.2 Å². The largest absolute Gasteiger partial charge is 0.492 e. The number of hydrogen-bond acceptors (Lipinski definition) is 8. The van der Waals surface area contributed by atoms with Crippen molar-refractivity contribution in [3.8, 4) is 11.8 Å². The van der Waals surface area contributed by atoms with Crippen LogP contribution in [0.2, 0.25) is 0 Å². The van der Waals surface area contributed by atoms with Crippen molar-refractivity contribution < 1.29 is 29.3 Å². The molecule has 2 heterocycles. The molecule has 0 aliphatic rings. The highest BCUT2D eigenvalue weighted by Crippen LogP contribution is 2.27. The molecule has 10 heteroatoms. The van der Waals surface area contributed by atoms with E-state index in [1.807, 2.05) is 24.7 Å². The SMILES string of the molecule is CC(C)(C)CCOC(C)(C)CCn1cc(CC(C)(C)OCCC(C)(C)C(=O)On2c(O)ccc2O)nn1. The molecule has 0 unspecified atom stereocenters. The molecule has 37 heavy (non-hydrogen) atoms. The fourth-order valence-electron chi connectivity index (χ4n) is 3.49. The Morgan fingerprint density at radius 2 is 1.43 bits per heavy atom. The summed E-state index contributed by atoms with van der Waals surface area (Å²) in [6, 6.07) is 2.47. The molecule has 0 amide bonds. The number of carbonyl (C=O) groups excluding carboxylic acids is 1. The van der Waals surface area contributed by atoms with Crippen LogP contribution >= 0.6 is 0 Å². The van der Waals surface area contributed by atoms with Crippen LogP contribution in [0.1, 0.15) is 87.3 Å². The van der Waals surface area contributed by atoms with Gasteiger partial charge in [0.2, 0.25) is 11.8 Å². The van der Waals surface area contributed by atoms with Crippen molar-refractivity contribution >= 4 is 5.97 Å². The highest BCUT2D eigenvalue weighted by atomic mass is 16.7. The summed E-state index contributed by atoms with van der Waals surface area (Å²) in [4.78, 5) is 17.7. The third-order valence-corrected chi connectivity index (χ3v) is 6.23. The van der Waals surface area contributed by atoms with E-state index in [4.69, 9.17) is 14.3 Å². The van der Waals surface area contributed by atoms with Gasteiger partial charge < -0.3 is 24.5 Å². The van der Waals surface area contributed by atoms with Crippen molar-refractivity contribution in [2.45, 2.75) is 106 Å². The minimum Gasteiger partial charge on any atom is -0.492 e. The standard InChI is InChI=1S/C27H46N4O6/c1-24(2,3)13-16-35-26(6,7)12-15-30-19-20(28-29-30)18-27(8,9)36-17-14-25(4,5)23(34)37-31-21(32)10-11-22(31)33/h10-11,19,32-33H,12-18H2,1-9H3. The molecule has 0 radical (unpaired) electrons. The monoisotopic (exact) mass is 522 g/mol. The van der Waals surface area contributed by atoms with Crippen LogP contribution in [0.25, 0.3) is 0 Å². The molecule has 0 aromatic carbocycles. The van der Waals surface area contributed by atoms with Gasteiger partial charge in [-0.05, 0) is 66.2 Å². The van der Waals surface area contributed by atoms with Gasteiger partial charge >= 0.3 is 5.97 Å². The summed E-state index contributed by atoms with van der Waals surface area (Å²) in [6.45, 7) is 20.0. The molecule has 0 bridgehead atoms. The molecule has 0 fully saturated rings. The van der Waals surface area contributed by atoms with Crippen molar-refractivity contribution in [1.82, 2.24) is 19.7 Å². The van der Waals surface area contributed by atoms with Crippen molar-refractivity contribution in [1.29, 1.82) is 0 Å². The lowest BCUT2D eigenvalue weighted by molar-refractivity contribution is -0.157. The Balaban J connectivity index is 1.80. The number of hydrogen-bond donors (Lipinski definition) is 2. The Labute approximate surface area is 220 Å². The van der Waals surface area contributed by atoms with E-state index in [2.05, 4.69) is 44.9 Å². The molecule has 2 aromatic heterocycles. The van der Waals surface area contributed by atoms with E-state index in [0.29, 0.717) is 30.7 Å². The maximum Gasteiger partial charge on any atom is 0.338 e. The van der Waals surface area contributed by atoms with Crippen LogP contribution in [0.4, 0.5) is 0 Å². The minimum absolute atomic E-state index is 0.244. The molecule has 2 N–H and O–H groups in total. The van der Waals surface area contributed by atoms with Crippen molar-refractivity contribution in [3.63, 3.8) is 0 Å². The number of aryl methyl sites for hydroxylation is 1. The zero-order chi connectivity index (χ0) is 28.1. The lowest BCUT2D eigenvalue weighted by Crippen LogP contribution is -2.36. The van der Waals surface area contributed by atoms with Gasteiger partial charge in [-0.3, -0.25) is 4.68 Å². The van der Waals surface area contributed by atoms with Crippen LogP contribution in [0.5, 0.6) is 11.8 Å². The molecular weight excluding hydrogens is 476 g/mol. The van der Waals surface area contributed by atoms with Gasteiger partial charge in [-0.1, -0.05) is 26.0 Å². The van der Waals surface area contributed by atoms with E-state index in [0.717, 1.165) is 25.1 Å². The average molecular weight is 523 g/mol. The Morgan fingerprint density at radius 3 is 2.03 bits per heavy atom. The second-order valence-electron chi connectivity index (χ2n) is 12.8. The molecule has 0 spiro atoms. The van der Waals surface area contributed by atoms with Crippen LogP contribution in [-0.4, -0.2) is 60.3 Å². The summed E-state index contributed by atoms with van der Waals surface area (Å²) < 4.78 is 14.7. The van der Waals surface area contributed by atoms with Gasteiger partial charge in [-0.15, -0.1) is 9.83 Å². The van der Waals surface area contributed by atoms with E-state index in [1.54, 1.807) is 13.8 Å². The van der Waals surface area contributed by atoms with Gasteiger partial charge in [-0.25, -0.2) is 4.79 Å². The first-order chi connectivity index (χ1) is 16.9. The number of carbonyl (C=O) groups is 1. The zero-order valence-electron chi connectivity index (χ0n) is 24.0. The number of rotatable bonds is 14. The molecule has 0 aliphatic heterocycles. The minimum atomic E-state index is -0.899. The van der Waals surface area contributed by atoms with E-state index in [9.17, 15) is 15.0 Å². The Hall–Kier alpha value is -2.59. The first-order valence-corrected chi connectivity index (χ1v) is 12.9. The number of ether oxygens (including phenoxy) is 2. The Morgan fingerprint density at radius 1 is 0.865 bits per heavy atom. The van der Waals surface area contributed by atoms with Gasteiger partial charge in [0, 0.05) is 44.5 Å². The predicted octanol–water partition coefficient (Wildman–Crippen LogP) is 4.52. The molecule has 0 saturated heterocycles. The fraction of sp³-hybridized carbons (Fsp3) is 0.741. The lowest BCUT2D eigenvalue weighted by atomic mass is 9.90. The smallest absolute Gasteiger partial charge is 0.338 e. The van der Waals surface area contributed by atoms with E-state index >= 15 is 0 Å². The second-order valence-corrected chi connectivity index (χ2v) is 12.8. The third-order valence-electron chi connectivity index (χ3n) is 6.23. The van der Waals surface area contributed by atoms with E-state index in [1.165, 1.54) is 12.1 Å². The van der Waals surface area contributed by atoms with Gasteiger partial charge in [-0.2, -0.15) is 0 Å². The first-order valence-electron chi connectivity index (χ1n) is 12.9. The van der Waals surface area contributed by atoms with Crippen LogP contribution < -0.4 is 4.84 Å². The van der Waals surface area contributed by atoms with Crippen LogP contribution in [0.15, 0.2) is 18.3 Å². The van der Waals surface area contributed by atoms with Crippen molar-refractivity contribution in [2.24, 2.45) is 10.8 Å². The maximum atomic E-state index is 12.6. The summed E-state index contributed by atoms with van der Waals surface area (Å²) in [6.07, 6.45) is 4.72. The van der Waals surface area contributed by atoms with E-state index in [-0.39, 0.29) is 22.8 Å². The van der Waals surface area contributed by atoms with Gasteiger partial charge in [0.15, 0.2) is 0 Å². The molecular formula is C27H46N4O6. The molecule has 210 valence electrons. The molecule has 0 aliphatic carbocycles. The van der Waals surface area contributed by atoms with Gasteiger partial charge in [0.1, 0.15) is 0 Å². The first kappa shape index (κ1) is 30.6. The number of aromatic hydroxyl groups is 2. The predicted molar refractivity (Wildman–Crippen MR) is 140 cm³/mol. The van der Waals surface area contributed by atoms with Gasteiger partial charge in [0.05, 0.1) is 22.3 Å². The van der Waals surface area contributed by atoms with Gasteiger partial charge in [0.25, 0.3) is 0 Å². The summed E-state index contributed by atoms with van der Waals surface area (Å²) in [5.74, 6) is -1.31. The maximum absolute atomic E-state index is 12.6. The molecule has 0 atom stereocenters. The summed E-state index contributed by atoms with van der Waals surface area (Å²) in [5.41, 5.74) is -0.584. The molecule has 2 rings (SSSR count). The fourth-order valence-corrected chi connectivity index (χ4v) is 3.49. The van der Waals surface area contributed by atoms with Crippen LogP contribution in [0, 0.1) is 10.8 Å². The Kier molecular flexibility index (Phi) is 9.81. The topological polar surface area (TPSA) is 121 Å². The molecule has 10 nitrogen and oxygen atoms in total.